The molecule has 18 heavy (non-hydrogen) atoms. The van der Waals surface area contributed by atoms with E-state index in [1.54, 1.807) is 0 Å². The maximum Gasteiger partial charge on any atom is 0.313 e. The lowest BCUT2D eigenvalue weighted by molar-refractivity contribution is -0.133. The minimum absolute atomic E-state index is 0.0797. The molecule has 0 heterocycles. The zero-order valence-electron chi connectivity index (χ0n) is 9.50. The van der Waals surface area contributed by atoms with Crippen molar-refractivity contribution in [3.8, 4) is 0 Å². The van der Waals surface area contributed by atoms with Crippen molar-refractivity contribution in [2.45, 2.75) is 6.92 Å². The molecule has 2 N–H and O–H groups in total. The second-order valence-electron chi connectivity index (χ2n) is 3.54. The number of halogens is 2. The van der Waals surface area contributed by atoms with E-state index < -0.39 is 5.97 Å². The third kappa shape index (κ3) is 4.99. The molecule has 1 amide bonds. The summed E-state index contributed by atoms with van der Waals surface area (Å²) >= 11 is 7.81. The fraction of sp³-hybridized carbons (Fsp3) is 0.273. The highest BCUT2D eigenvalue weighted by atomic mass is 79.9. The molecule has 0 aliphatic heterocycles. The summed E-state index contributed by atoms with van der Waals surface area (Å²) in [6, 6.07) is 3.79. The number of aryl methyl sites for hydroxylation is 1. The number of carbonyl (C=O) groups is 2. The van der Waals surface area contributed by atoms with E-state index in [4.69, 9.17) is 5.11 Å². The van der Waals surface area contributed by atoms with Gasteiger partial charge < -0.3 is 10.4 Å². The van der Waals surface area contributed by atoms with Crippen molar-refractivity contribution in [2.24, 2.45) is 0 Å². The summed E-state index contributed by atoms with van der Waals surface area (Å²) in [7, 11) is 0. The van der Waals surface area contributed by atoms with Gasteiger partial charge in [-0.05, 0) is 56.5 Å². The normalized spacial score (nSPS) is 10.2. The van der Waals surface area contributed by atoms with Crippen LogP contribution in [0.25, 0.3) is 0 Å². The molecule has 0 spiro atoms. The lowest BCUT2D eigenvalue weighted by Gasteiger charge is -2.10. The number of aliphatic carboxylic acids is 1. The first-order chi connectivity index (χ1) is 8.40. The van der Waals surface area contributed by atoms with Gasteiger partial charge in [-0.25, -0.2) is 0 Å². The van der Waals surface area contributed by atoms with Crippen LogP contribution >= 0.6 is 43.6 Å². The molecule has 0 unspecified atom stereocenters. The van der Waals surface area contributed by atoms with Gasteiger partial charge in [0.1, 0.15) is 0 Å². The van der Waals surface area contributed by atoms with Gasteiger partial charge in [-0.1, -0.05) is 0 Å². The summed E-state index contributed by atoms with van der Waals surface area (Å²) in [6.07, 6.45) is 0. The maximum absolute atomic E-state index is 11.6. The van der Waals surface area contributed by atoms with E-state index in [-0.39, 0.29) is 17.4 Å². The van der Waals surface area contributed by atoms with Gasteiger partial charge in [-0.2, -0.15) is 0 Å². The SMILES string of the molecule is Cc1cc(Br)c(NC(=O)CSCC(=O)O)c(Br)c1. The molecule has 0 saturated carbocycles. The first kappa shape index (κ1) is 15.5. The summed E-state index contributed by atoms with van der Waals surface area (Å²) in [5, 5.41) is 11.2. The van der Waals surface area contributed by atoms with Crippen molar-refractivity contribution in [2.75, 3.05) is 16.8 Å². The number of carboxylic acids is 1. The number of anilines is 1. The first-order valence-electron chi connectivity index (χ1n) is 4.95. The number of rotatable bonds is 5. The molecule has 0 aliphatic rings. The van der Waals surface area contributed by atoms with Gasteiger partial charge in [0.15, 0.2) is 0 Å². The largest absolute Gasteiger partial charge is 0.481 e. The van der Waals surface area contributed by atoms with Crippen LogP contribution in [0.5, 0.6) is 0 Å². The minimum Gasteiger partial charge on any atom is -0.481 e. The van der Waals surface area contributed by atoms with Gasteiger partial charge in [-0.15, -0.1) is 11.8 Å². The number of thioether (sulfide) groups is 1. The van der Waals surface area contributed by atoms with Crippen molar-refractivity contribution in [3.63, 3.8) is 0 Å². The Morgan fingerprint density at radius 3 is 2.33 bits per heavy atom. The first-order valence-corrected chi connectivity index (χ1v) is 7.69. The van der Waals surface area contributed by atoms with Crippen LogP contribution in [0.15, 0.2) is 21.1 Å². The van der Waals surface area contributed by atoms with Crippen LogP contribution in [-0.2, 0) is 9.59 Å². The van der Waals surface area contributed by atoms with E-state index >= 15 is 0 Å². The second kappa shape index (κ2) is 7.16. The van der Waals surface area contributed by atoms with Gasteiger partial charge in [0, 0.05) is 8.95 Å². The highest BCUT2D eigenvalue weighted by molar-refractivity contribution is 9.11. The summed E-state index contributed by atoms with van der Waals surface area (Å²) in [5.74, 6) is -1.13. The predicted octanol–water partition coefficient (Wildman–Crippen LogP) is 3.28. The molecule has 7 heteroatoms. The monoisotopic (exact) mass is 395 g/mol. The van der Waals surface area contributed by atoms with Crippen molar-refractivity contribution in [3.05, 3.63) is 26.6 Å². The van der Waals surface area contributed by atoms with Crippen LogP contribution in [-0.4, -0.2) is 28.5 Å². The van der Waals surface area contributed by atoms with Crippen LogP contribution in [0.2, 0.25) is 0 Å². The number of nitrogens with one attached hydrogen (secondary N) is 1. The standard InChI is InChI=1S/C11H11Br2NO3S/c1-6-2-7(12)11(8(13)3-6)14-9(15)4-18-5-10(16)17/h2-3H,4-5H2,1H3,(H,14,15)(H,16,17). The molecule has 0 aromatic heterocycles. The highest BCUT2D eigenvalue weighted by Crippen LogP contribution is 2.32. The predicted molar refractivity (Wildman–Crippen MR) is 80.2 cm³/mol. The number of amides is 1. The van der Waals surface area contributed by atoms with Crippen LogP contribution < -0.4 is 5.32 Å². The van der Waals surface area contributed by atoms with Gasteiger partial charge in [0.05, 0.1) is 17.2 Å². The lowest BCUT2D eigenvalue weighted by atomic mass is 10.2. The zero-order valence-corrected chi connectivity index (χ0v) is 13.5. The Balaban J connectivity index is 2.62. The Bertz CT molecular complexity index is 456. The Kier molecular flexibility index (Phi) is 6.17. The molecule has 1 aromatic carbocycles. The Labute approximate surface area is 126 Å². The van der Waals surface area contributed by atoms with Gasteiger partial charge in [0.25, 0.3) is 0 Å². The maximum atomic E-state index is 11.6. The third-order valence-electron chi connectivity index (χ3n) is 1.91. The van der Waals surface area contributed by atoms with Crippen LogP contribution in [0.4, 0.5) is 5.69 Å². The van der Waals surface area contributed by atoms with E-state index in [1.165, 1.54) is 0 Å². The van der Waals surface area contributed by atoms with Gasteiger partial charge >= 0.3 is 5.97 Å². The second-order valence-corrected chi connectivity index (χ2v) is 6.23. The molecule has 1 rings (SSSR count). The average molecular weight is 397 g/mol. The minimum atomic E-state index is -0.925. The fourth-order valence-corrected chi connectivity index (χ4v) is 3.37. The topological polar surface area (TPSA) is 66.4 Å². The molecule has 0 fully saturated rings. The highest BCUT2D eigenvalue weighted by Gasteiger charge is 2.10. The summed E-state index contributed by atoms with van der Waals surface area (Å²) in [4.78, 5) is 21.9. The van der Waals surface area contributed by atoms with Gasteiger partial charge in [-0.3, -0.25) is 9.59 Å². The van der Waals surface area contributed by atoms with Crippen molar-refractivity contribution < 1.29 is 14.7 Å². The van der Waals surface area contributed by atoms with E-state index in [1.807, 2.05) is 19.1 Å². The summed E-state index contributed by atoms with van der Waals surface area (Å²) < 4.78 is 1.57. The van der Waals surface area contributed by atoms with Crippen molar-refractivity contribution >= 4 is 61.2 Å². The molecule has 1 aromatic rings. The number of hydrogen-bond donors (Lipinski definition) is 2. The third-order valence-corrected chi connectivity index (χ3v) is 4.08. The molecule has 98 valence electrons. The summed E-state index contributed by atoms with van der Waals surface area (Å²) in [6.45, 7) is 1.95. The van der Waals surface area contributed by atoms with Gasteiger partial charge in [0.2, 0.25) is 5.91 Å². The van der Waals surface area contributed by atoms with Crippen LogP contribution in [0.3, 0.4) is 0 Å². The van der Waals surface area contributed by atoms with E-state index in [2.05, 4.69) is 37.2 Å². The number of hydrogen-bond acceptors (Lipinski definition) is 3. The zero-order chi connectivity index (χ0) is 13.7. The Hall–Kier alpha value is -0.530. The van der Waals surface area contributed by atoms with Crippen LogP contribution in [0.1, 0.15) is 5.56 Å². The molecule has 0 saturated heterocycles. The average Bonchev–Trinajstić information content (AvgIpc) is 2.22. The molecule has 0 radical (unpaired) electrons. The number of carbonyl (C=O) groups excluding carboxylic acids is 1. The Morgan fingerprint density at radius 2 is 1.83 bits per heavy atom. The van der Waals surface area contributed by atoms with Crippen molar-refractivity contribution in [1.29, 1.82) is 0 Å². The quantitative estimate of drug-likeness (QED) is 0.801. The smallest absolute Gasteiger partial charge is 0.313 e. The molecule has 0 atom stereocenters. The molecular formula is C11H11Br2NO3S. The van der Waals surface area contributed by atoms with E-state index in [9.17, 15) is 9.59 Å². The van der Waals surface area contributed by atoms with E-state index in [0.29, 0.717) is 5.69 Å². The molecule has 4 nitrogen and oxygen atoms in total. The number of carboxylic acid groups (broad SMARTS) is 1. The van der Waals surface area contributed by atoms with E-state index in [0.717, 1.165) is 26.3 Å². The van der Waals surface area contributed by atoms with Crippen molar-refractivity contribution in [1.82, 2.24) is 0 Å². The molecule has 0 aliphatic carbocycles. The number of benzene rings is 1. The molecular weight excluding hydrogens is 386 g/mol. The molecule has 0 bridgehead atoms. The Morgan fingerprint density at radius 1 is 1.28 bits per heavy atom. The van der Waals surface area contributed by atoms with Crippen LogP contribution in [0, 0.1) is 6.92 Å². The summed E-state index contributed by atoms with van der Waals surface area (Å²) in [5.41, 5.74) is 1.72. The fourth-order valence-electron chi connectivity index (χ4n) is 1.23. The lowest BCUT2D eigenvalue weighted by Crippen LogP contribution is -2.16.